The molecule has 2 atom stereocenters. The highest BCUT2D eigenvalue weighted by molar-refractivity contribution is 7.87. The van der Waals surface area contributed by atoms with Crippen LogP contribution in [0.3, 0.4) is 0 Å². The average Bonchev–Trinajstić information content (AvgIpc) is 2.48. The second-order valence-corrected chi connectivity index (χ2v) is 5.23. The van der Waals surface area contributed by atoms with E-state index in [9.17, 15) is 21.9 Å². The third-order valence-corrected chi connectivity index (χ3v) is 3.68. The molecule has 1 aliphatic heterocycles. The summed E-state index contributed by atoms with van der Waals surface area (Å²) in [6, 6.07) is -1.08. The Balaban J connectivity index is 2.86. The second-order valence-electron chi connectivity index (χ2n) is 3.61. The fourth-order valence-corrected chi connectivity index (χ4v) is 2.40. The van der Waals surface area contributed by atoms with Gasteiger partial charge in [0.25, 0.3) is 0 Å². The van der Waals surface area contributed by atoms with Crippen molar-refractivity contribution in [2.75, 3.05) is 6.54 Å². The minimum Gasteiger partial charge on any atom is -0.480 e. The lowest BCUT2D eigenvalue weighted by atomic mass is 10.2. The van der Waals surface area contributed by atoms with E-state index in [4.69, 9.17) is 5.11 Å². The number of aliphatic carboxylic acids is 1. The third kappa shape index (κ3) is 2.49. The molecule has 2 unspecified atom stereocenters. The summed E-state index contributed by atoms with van der Waals surface area (Å²) in [5.41, 5.74) is 0. The Morgan fingerprint density at radius 2 is 2.25 bits per heavy atom. The topological polar surface area (TPSA) is 91.8 Å². The normalized spacial score (nSPS) is 23.5. The smallest absolute Gasteiger partial charge is 0.326 e. The zero-order valence-corrected chi connectivity index (χ0v) is 9.41. The van der Waals surface area contributed by atoms with Gasteiger partial charge in [0.05, 0.1) is 0 Å². The van der Waals surface area contributed by atoms with Gasteiger partial charge < -0.3 is 10.0 Å². The van der Waals surface area contributed by atoms with Gasteiger partial charge in [0.15, 0.2) is 0 Å². The number of amides is 1. The van der Waals surface area contributed by atoms with Gasteiger partial charge in [-0.15, -0.1) is 3.89 Å². The molecule has 0 radical (unpaired) electrons. The minimum atomic E-state index is -4.79. The van der Waals surface area contributed by atoms with Crippen LogP contribution in [0.5, 0.6) is 0 Å². The van der Waals surface area contributed by atoms with Gasteiger partial charge in [-0.3, -0.25) is 4.79 Å². The number of rotatable bonds is 4. The number of hydrogen-bond acceptors (Lipinski definition) is 4. The molecule has 0 saturated carbocycles. The number of hydrogen-bond donors (Lipinski definition) is 1. The molecule has 16 heavy (non-hydrogen) atoms. The Labute approximate surface area is 92.3 Å². The van der Waals surface area contributed by atoms with Crippen molar-refractivity contribution >= 4 is 22.1 Å². The van der Waals surface area contributed by atoms with Gasteiger partial charge in [-0.25, -0.2) is 4.79 Å². The van der Waals surface area contributed by atoms with Gasteiger partial charge >= 0.3 is 16.2 Å². The van der Waals surface area contributed by atoms with Crippen molar-refractivity contribution in [2.45, 2.75) is 31.1 Å². The Kier molecular flexibility index (Phi) is 3.51. The molecule has 0 aromatic heterocycles. The lowest BCUT2D eigenvalue weighted by Gasteiger charge is -2.22. The number of carboxylic acids is 1. The molecule has 6 nitrogen and oxygen atoms in total. The van der Waals surface area contributed by atoms with Crippen LogP contribution in [0.2, 0.25) is 0 Å². The number of likely N-dealkylation sites (tertiary alicyclic amines) is 1. The van der Waals surface area contributed by atoms with Crippen LogP contribution in [0.25, 0.3) is 0 Å². The summed E-state index contributed by atoms with van der Waals surface area (Å²) in [6.07, 6.45) is -0.331. The number of carboxylic acid groups (broad SMARTS) is 1. The van der Waals surface area contributed by atoms with Crippen molar-refractivity contribution in [3.8, 4) is 0 Å². The Morgan fingerprint density at radius 1 is 1.69 bits per heavy atom. The zero-order valence-electron chi connectivity index (χ0n) is 8.59. The van der Waals surface area contributed by atoms with E-state index in [1.54, 1.807) is 6.92 Å². The van der Waals surface area contributed by atoms with Crippen molar-refractivity contribution in [3.63, 3.8) is 0 Å². The van der Waals surface area contributed by atoms with Crippen LogP contribution in [-0.4, -0.2) is 48.1 Å². The summed E-state index contributed by atoms with van der Waals surface area (Å²) in [6.45, 7) is 1.17. The molecule has 0 aromatic carbocycles. The van der Waals surface area contributed by atoms with E-state index in [-0.39, 0.29) is 13.0 Å². The van der Waals surface area contributed by atoms with E-state index in [1.165, 1.54) is 0 Å². The lowest BCUT2D eigenvalue weighted by Crippen LogP contribution is -2.42. The maximum atomic E-state index is 12.7. The van der Waals surface area contributed by atoms with Gasteiger partial charge in [0, 0.05) is 13.0 Å². The SMILES string of the molecule is CCC(C(=O)O)N1CC(S(=O)(=O)F)CC1=O. The zero-order chi connectivity index (χ0) is 12.5. The van der Waals surface area contributed by atoms with Gasteiger partial charge in [-0.1, -0.05) is 6.92 Å². The largest absolute Gasteiger partial charge is 0.480 e. The first-order valence-corrected chi connectivity index (χ1v) is 6.17. The first-order chi connectivity index (χ1) is 7.27. The quantitative estimate of drug-likeness (QED) is 0.697. The summed E-state index contributed by atoms with van der Waals surface area (Å²) < 4.78 is 33.9. The van der Waals surface area contributed by atoms with E-state index < -0.39 is 39.8 Å². The highest BCUT2D eigenvalue weighted by Crippen LogP contribution is 2.22. The molecular formula is C8H12FNO5S. The summed E-state index contributed by atoms with van der Waals surface area (Å²) in [7, 11) is -4.79. The van der Waals surface area contributed by atoms with Gasteiger partial charge in [-0.2, -0.15) is 8.42 Å². The summed E-state index contributed by atoms with van der Waals surface area (Å²) in [5, 5.41) is 7.37. The predicted octanol–water partition coefficient (Wildman–Crippen LogP) is -0.250. The maximum Gasteiger partial charge on any atom is 0.326 e. The van der Waals surface area contributed by atoms with Gasteiger partial charge in [-0.05, 0) is 6.42 Å². The summed E-state index contributed by atoms with van der Waals surface area (Å²) >= 11 is 0. The molecule has 1 fully saturated rings. The molecular weight excluding hydrogens is 241 g/mol. The van der Waals surface area contributed by atoms with Crippen LogP contribution in [0.1, 0.15) is 19.8 Å². The molecule has 1 amide bonds. The Bertz CT molecular complexity index is 407. The standard InChI is InChI=1S/C8H12FNO5S/c1-2-6(8(12)13)10-4-5(3-7(10)11)16(9,14)15/h5-6H,2-4H2,1H3,(H,12,13). The van der Waals surface area contributed by atoms with Crippen LogP contribution in [0.4, 0.5) is 3.89 Å². The molecule has 0 aliphatic carbocycles. The van der Waals surface area contributed by atoms with Crippen molar-refractivity contribution in [1.82, 2.24) is 4.90 Å². The Hall–Kier alpha value is -1.18. The van der Waals surface area contributed by atoms with E-state index >= 15 is 0 Å². The molecule has 0 aromatic rings. The lowest BCUT2D eigenvalue weighted by molar-refractivity contribution is -0.148. The molecule has 1 saturated heterocycles. The van der Waals surface area contributed by atoms with Crippen molar-refractivity contribution in [1.29, 1.82) is 0 Å². The average molecular weight is 253 g/mol. The third-order valence-electron chi connectivity index (χ3n) is 2.57. The van der Waals surface area contributed by atoms with Crippen molar-refractivity contribution < 1.29 is 27.0 Å². The number of carbonyl (C=O) groups is 2. The molecule has 1 rings (SSSR count). The maximum absolute atomic E-state index is 12.7. The van der Waals surface area contributed by atoms with Crippen LogP contribution in [0, 0.1) is 0 Å². The first kappa shape index (κ1) is 12.9. The molecule has 1 aliphatic rings. The van der Waals surface area contributed by atoms with E-state index in [0.29, 0.717) is 0 Å². The molecule has 92 valence electrons. The van der Waals surface area contributed by atoms with Crippen LogP contribution in [0.15, 0.2) is 0 Å². The highest BCUT2D eigenvalue weighted by atomic mass is 32.3. The summed E-state index contributed by atoms with van der Waals surface area (Å²) in [5.74, 6) is -1.85. The van der Waals surface area contributed by atoms with E-state index in [1.807, 2.05) is 0 Å². The number of nitrogens with zero attached hydrogens (tertiary/aromatic N) is 1. The molecule has 0 spiro atoms. The molecule has 1 N–H and O–H groups in total. The summed E-state index contributed by atoms with van der Waals surface area (Å²) in [4.78, 5) is 23.1. The Morgan fingerprint density at radius 3 is 2.56 bits per heavy atom. The molecule has 8 heteroatoms. The fourth-order valence-electron chi connectivity index (χ4n) is 1.72. The molecule has 0 bridgehead atoms. The first-order valence-electron chi connectivity index (χ1n) is 4.73. The molecule has 1 heterocycles. The number of halogens is 1. The van der Waals surface area contributed by atoms with Gasteiger partial charge in [0.2, 0.25) is 5.91 Å². The van der Waals surface area contributed by atoms with Crippen LogP contribution in [-0.2, 0) is 19.8 Å². The minimum absolute atomic E-state index is 0.153. The fraction of sp³-hybridized carbons (Fsp3) is 0.750. The van der Waals surface area contributed by atoms with E-state index in [2.05, 4.69) is 0 Å². The monoisotopic (exact) mass is 253 g/mol. The van der Waals surface area contributed by atoms with Crippen LogP contribution >= 0.6 is 0 Å². The predicted molar refractivity (Wildman–Crippen MR) is 51.9 cm³/mol. The van der Waals surface area contributed by atoms with Crippen molar-refractivity contribution in [3.05, 3.63) is 0 Å². The van der Waals surface area contributed by atoms with Crippen molar-refractivity contribution in [2.24, 2.45) is 0 Å². The van der Waals surface area contributed by atoms with E-state index in [0.717, 1.165) is 4.90 Å². The second kappa shape index (κ2) is 4.36. The highest BCUT2D eigenvalue weighted by Gasteiger charge is 2.42. The van der Waals surface area contributed by atoms with Gasteiger partial charge in [0.1, 0.15) is 11.3 Å². The number of carbonyl (C=O) groups excluding carboxylic acids is 1. The van der Waals surface area contributed by atoms with Crippen LogP contribution < -0.4 is 0 Å².